The minimum atomic E-state index is 1.13. The molecule has 23 heavy (non-hydrogen) atoms. The smallest absolute Gasteiger partial charge is 0.0106 e. The molecule has 0 N–H and O–H groups in total. The first-order chi connectivity index (χ1) is 11.2. The first-order valence-electron chi connectivity index (χ1n) is 7.56. The number of hydrogen-bond donors (Lipinski definition) is 0. The molecule has 3 rings (SSSR count). The molecule has 0 saturated heterocycles. The summed E-state index contributed by atoms with van der Waals surface area (Å²) in [5.41, 5.74) is 7.15. The Balaban J connectivity index is 2.03. The molecule has 0 aliphatic rings. The number of rotatable bonds is 4. The van der Waals surface area contributed by atoms with E-state index < -0.39 is 0 Å². The van der Waals surface area contributed by atoms with Crippen molar-refractivity contribution in [2.45, 2.75) is 0 Å². The quantitative estimate of drug-likeness (QED) is 0.533. The van der Waals surface area contributed by atoms with E-state index in [4.69, 9.17) is 0 Å². The van der Waals surface area contributed by atoms with E-state index in [-0.39, 0.29) is 0 Å². The van der Waals surface area contributed by atoms with Gasteiger partial charge in [-0.2, -0.15) is 0 Å². The van der Waals surface area contributed by atoms with E-state index in [9.17, 15) is 0 Å². The van der Waals surface area contributed by atoms with Crippen molar-refractivity contribution in [1.82, 2.24) is 0 Å². The molecule has 0 saturated carbocycles. The maximum absolute atomic E-state index is 3.81. The highest BCUT2D eigenvalue weighted by atomic mass is 31.0. The fourth-order valence-electron chi connectivity index (χ4n) is 2.60. The van der Waals surface area contributed by atoms with Gasteiger partial charge in [0.05, 0.1) is 0 Å². The lowest BCUT2D eigenvalue weighted by atomic mass is 9.97. The molecule has 0 aromatic heterocycles. The van der Waals surface area contributed by atoms with E-state index in [2.05, 4.69) is 89.1 Å². The first kappa shape index (κ1) is 15.5. The van der Waals surface area contributed by atoms with Gasteiger partial charge in [-0.1, -0.05) is 86.0 Å². The van der Waals surface area contributed by atoms with Gasteiger partial charge in [-0.05, 0) is 44.8 Å². The van der Waals surface area contributed by atoms with E-state index >= 15 is 0 Å². The van der Waals surface area contributed by atoms with Crippen molar-refractivity contribution in [3.8, 4) is 22.3 Å². The van der Waals surface area contributed by atoms with E-state index in [1.807, 2.05) is 12.2 Å². The summed E-state index contributed by atoms with van der Waals surface area (Å²) < 4.78 is 0. The minimum absolute atomic E-state index is 1.13. The highest BCUT2D eigenvalue weighted by Gasteiger charge is 2.05. The molecule has 0 aliphatic carbocycles. The largest absolute Gasteiger partial charge is 0.105 e. The molecule has 0 bridgehead atoms. The monoisotopic (exact) mass is 314 g/mol. The Hall–Kier alpha value is -2.43. The van der Waals surface area contributed by atoms with E-state index in [0.717, 1.165) is 11.1 Å². The Bertz CT molecular complexity index is 840. The Morgan fingerprint density at radius 3 is 1.61 bits per heavy atom. The normalized spacial score (nSPS) is 10.3. The van der Waals surface area contributed by atoms with Gasteiger partial charge in [0.25, 0.3) is 0 Å². The molecule has 0 spiro atoms. The maximum Gasteiger partial charge on any atom is -0.0106 e. The molecule has 0 radical (unpaired) electrons. The van der Waals surface area contributed by atoms with Gasteiger partial charge < -0.3 is 0 Å². The predicted molar refractivity (Wildman–Crippen MR) is 107 cm³/mol. The standard InChI is InChI=1S/C22H19P/c1-3-16-5-9-18(10-6-16)20-13-14-22(23)21(15-20)19-11-7-17(4-2)8-12-19/h3-15H,1-2,23H2. The lowest BCUT2D eigenvalue weighted by molar-refractivity contribution is 1.59. The molecular formula is C22H19P. The summed E-state index contributed by atoms with van der Waals surface area (Å²) in [6.45, 7) is 7.61. The summed E-state index contributed by atoms with van der Waals surface area (Å²) in [5, 5.41) is 1.20. The van der Waals surface area contributed by atoms with Gasteiger partial charge in [0, 0.05) is 0 Å². The Morgan fingerprint density at radius 2 is 1.09 bits per heavy atom. The third-order valence-corrected chi connectivity index (χ3v) is 4.49. The fraction of sp³-hybridized carbons (Fsp3) is 0. The van der Waals surface area contributed by atoms with Gasteiger partial charge >= 0.3 is 0 Å². The van der Waals surface area contributed by atoms with Crippen LogP contribution in [-0.4, -0.2) is 0 Å². The van der Waals surface area contributed by atoms with Crippen LogP contribution in [0.3, 0.4) is 0 Å². The third-order valence-electron chi connectivity index (χ3n) is 3.99. The van der Waals surface area contributed by atoms with Gasteiger partial charge in [-0.25, -0.2) is 0 Å². The molecule has 1 atom stereocenters. The zero-order chi connectivity index (χ0) is 16.2. The molecule has 0 amide bonds. The number of hydrogen-bond acceptors (Lipinski definition) is 0. The fourth-order valence-corrected chi connectivity index (χ4v) is 2.94. The summed E-state index contributed by atoms with van der Waals surface area (Å²) in [6.07, 6.45) is 3.73. The van der Waals surface area contributed by atoms with Crippen molar-refractivity contribution in [2.75, 3.05) is 0 Å². The molecule has 112 valence electrons. The Morgan fingerprint density at radius 1 is 0.609 bits per heavy atom. The van der Waals surface area contributed by atoms with Crippen LogP contribution in [0.15, 0.2) is 79.9 Å². The predicted octanol–water partition coefficient (Wildman–Crippen LogP) is 5.81. The van der Waals surface area contributed by atoms with Crippen LogP contribution < -0.4 is 5.30 Å². The molecule has 0 heterocycles. The molecule has 0 fully saturated rings. The van der Waals surface area contributed by atoms with Crippen LogP contribution in [0.25, 0.3) is 34.4 Å². The second-order valence-electron chi connectivity index (χ2n) is 5.45. The molecular weight excluding hydrogens is 295 g/mol. The lowest BCUT2D eigenvalue weighted by Crippen LogP contribution is -1.97. The Kier molecular flexibility index (Phi) is 4.55. The van der Waals surface area contributed by atoms with Crippen LogP contribution in [0.5, 0.6) is 0 Å². The molecule has 3 aromatic carbocycles. The van der Waals surface area contributed by atoms with Crippen molar-refractivity contribution in [3.63, 3.8) is 0 Å². The van der Waals surface area contributed by atoms with Crippen LogP contribution in [-0.2, 0) is 0 Å². The highest BCUT2D eigenvalue weighted by Crippen LogP contribution is 2.27. The molecule has 0 nitrogen and oxygen atoms in total. The van der Waals surface area contributed by atoms with Crippen molar-refractivity contribution >= 4 is 26.7 Å². The zero-order valence-corrected chi connectivity index (χ0v) is 14.2. The number of benzene rings is 3. The van der Waals surface area contributed by atoms with Crippen molar-refractivity contribution in [1.29, 1.82) is 0 Å². The van der Waals surface area contributed by atoms with Crippen molar-refractivity contribution in [3.05, 3.63) is 91.0 Å². The highest BCUT2D eigenvalue weighted by molar-refractivity contribution is 7.28. The van der Waals surface area contributed by atoms with E-state index in [0.29, 0.717) is 0 Å². The first-order valence-corrected chi connectivity index (χ1v) is 8.14. The summed E-state index contributed by atoms with van der Waals surface area (Å²) in [4.78, 5) is 0. The molecule has 0 aliphatic heterocycles. The van der Waals surface area contributed by atoms with E-state index in [1.165, 1.54) is 27.6 Å². The van der Waals surface area contributed by atoms with Crippen LogP contribution in [0, 0.1) is 0 Å². The van der Waals surface area contributed by atoms with Gasteiger partial charge in [-0.3, -0.25) is 0 Å². The average Bonchev–Trinajstić information content (AvgIpc) is 2.62. The maximum atomic E-state index is 3.81. The van der Waals surface area contributed by atoms with Gasteiger partial charge in [0.2, 0.25) is 0 Å². The second-order valence-corrected chi connectivity index (χ2v) is 6.08. The topological polar surface area (TPSA) is 0 Å². The van der Waals surface area contributed by atoms with Gasteiger partial charge in [-0.15, -0.1) is 9.24 Å². The van der Waals surface area contributed by atoms with Crippen LogP contribution in [0.1, 0.15) is 11.1 Å². The summed E-state index contributed by atoms with van der Waals surface area (Å²) in [7, 11) is 2.83. The Labute approximate surface area is 140 Å². The summed E-state index contributed by atoms with van der Waals surface area (Å²) in [6, 6.07) is 23.5. The van der Waals surface area contributed by atoms with Gasteiger partial charge in [0.15, 0.2) is 0 Å². The lowest BCUT2D eigenvalue weighted by Gasteiger charge is -2.10. The average molecular weight is 314 g/mol. The van der Waals surface area contributed by atoms with Crippen LogP contribution in [0.4, 0.5) is 0 Å². The molecule has 1 heteroatoms. The summed E-state index contributed by atoms with van der Waals surface area (Å²) >= 11 is 0. The minimum Gasteiger partial charge on any atom is -0.105 e. The third kappa shape index (κ3) is 3.33. The van der Waals surface area contributed by atoms with Gasteiger partial charge in [0.1, 0.15) is 0 Å². The van der Waals surface area contributed by atoms with E-state index in [1.54, 1.807) is 0 Å². The van der Waals surface area contributed by atoms with Crippen molar-refractivity contribution in [2.24, 2.45) is 0 Å². The van der Waals surface area contributed by atoms with Crippen molar-refractivity contribution < 1.29 is 0 Å². The SMILES string of the molecule is C=Cc1ccc(-c2ccc(P)c(-c3ccc(C=C)cc3)c2)cc1. The zero-order valence-electron chi connectivity index (χ0n) is 13.0. The summed E-state index contributed by atoms with van der Waals surface area (Å²) in [5.74, 6) is 0. The second kappa shape index (κ2) is 6.77. The molecule has 3 aromatic rings. The molecule has 1 unspecified atom stereocenters. The van der Waals surface area contributed by atoms with Crippen LogP contribution in [0.2, 0.25) is 0 Å². The van der Waals surface area contributed by atoms with Crippen LogP contribution >= 0.6 is 9.24 Å².